The molecule has 0 aliphatic heterocycles. The Morgan fingerprint density at radius 1 is 1.15 bits per heavy atom. The lowest BCUT2D eigenvalue weighted by Crippen LogP contribution is -2.44. The number of carbonyl (C=O) groups excluding carboxylic acids is 2. The summed E-state index contributed by atoms with van der Waals surface area (Å²) in [6, 6.07) is 5.95. The maximum Gasteiger partial charge on any atom is 0.350 e. The maximum atomic E-state index is 13.0. The van der Waals surface area contributed by atoms with Gasteiger partial charge in [0.25, 0.3) is 5.91 Å². The Morgan fingerprint density at radius 3 is 2.27 bits per heavy atom. The zero-order valence-corrected chi connectivity index (χ0v) is 16.4. The van der Waals surface area contributed by atoms with Crippen LogP contribution in [0.15, 0.2) is 24.3 Å². The standard InChI is InChI=1S/C19H23FN2O3S/c1-11(2)22(12(3)4)16(23)10-25-19(24)17-13(5)21-18(26-17)14-6-8-15(20)9-7-14/h6-9,11-12H,10H2,1-5H3. The minimum atomic E-state index is -0.575. The lowest BCUT2D eigenvalue weighted by Gasteiger charge is -2.30. The van der Waals surface area contributed by atoms with Crippen LogP contribution in [0.1, 0.15) is 43.1 Å². The summed E-state index contributed by atoms with van der Waals surface area (Å²) in [5.74, 6) is -1.14. The van der Waals surface area contributed by atoms with E-state index >= 15 is 0 Å². The number of esters is 1. The van der Waals surface area contributed by atoms with E-state index in [2.05, 4.69) is 4.98 Å². The zero-order chi connectivity index (χ0) is 19.4. The van der Waals surface area contributed by atoms with E-state index in [0.717, 1.165) is 5.56 Å². The molecule has 2 aromatic rings. The minimum absolute atomic E-state index is 0.0245. The van der Waals surface area contributed by atoms with Crippen molar-refractivity contribution in [3.05, 3.63) is 40.7 Å². The van der Waals surface area contributed by atoms with Crippen molar-refractivity contribution < 1.29 is 18.7 Å². The number of aromatic nitrogens is 1. The van der Waals surface area contributed by atoms with Crippen LogP contribution < -0.4 is 0 Å². The van der Waals surface area contributed by atoms with Crippen LogP contribution >= 0.6 is 11.3 Å². The third-order valence-electron chi connectivity index (χ3n) is 3.80. The minimum Gasteiger partial charge on any atom is -0.451 e. The molecule has 2 rings (SSSR count). The molecule has 0 fully saturated rings. The molecule has 0 N–H and O–H groups in total. The van der Waals surface area contributed by atoms with Crippen LogP contribution in [-0.4, -0.2) is 40.5 Å². The molecule has 1 heterocycles. The number of halogens is 1. The first-order valence-corrected chi connectivity index (χ1v) is 9.24. The summed E-state index contributed by atoms with van der Waals surface area (Å²) >= 11 is 1.17. The quantitative estimate of drug-likeness (QED) is 0.711. The van der Waals surface area contributed by atoms with E-state index in [4.69, 9.17) is 4.74 Å². The molecule has 140 valence electrons. The number of nitrogens with zero attached hydrogens (tertiary/aromatic N) is 2. The van der Waals surface area contributed by atoms with Crippen molar-refractivity contribution in [3.8, 4) is 10.6 Å². The molecule has 0 saturated heterocycles. The van der Waals surface area contributed by atoms with E-state index in [1.165, 1.54) is 23.5 Å². The molecular formula is C19H23FN2O3S. The molecular weight excluding hydrogens is 355 g/mol. The molecule has 0 radical (unpaired) electrons. The molecule has 0 atom stereocenters. The zero-order valence-electron chi connectivity index (χ0n) is 15.6. The number of aryl methyl sites for hydroxylation is 1. The Hall–Kier alpha value is -2.28. The lowest BCUT2D eigenvalue weighted by molar-refractivity contribution is -0.138. The van der Waals surface area contributed by atoms with Crippen LogP contribution in [0.5, 0.6) is 0 Å². The summed E-state index contributed by atoms with van der Waals surface area (Å²) in [5, 5.41) is 0.603. The van der Waals surface area contributed by atoms with Gasteiger partial charge in [0.2, 0.25) is 0 Å². The fraction of sp³-hybridized carbons (Fsp3) is 0.421. The normalized spacial score (nSPS) is 11.1. The van der Waals surface area contributed by atoms with Crippen molar-refractivity contribution >= 4 is 23.2 Å². The summed E-state index contributed by atoms with van der Waals surface area (Å²) in [4.78, 5) is 31.0. The second kappa shape index (κ2) is 8.40. The van der Waals surface area contributed by atoms with Gasteiger partial charge in [0, 0.05) is 17.6 Å². The summed E-state index contributed by atoms with van der Waals surface area (Å²) in [6.07, 6.45) is 0. The van der Waals surface area contributed by atoms with E-state index in [9.17, 15) is 14.0 Å². The number of thiazole rings is 1. The van der Waals surface area contributed by atoms with Gasteiger partial charge in [-0.2, -0.15) is 0 Å². The maximum absolute atomic E-state index is 13.0. The lowest BCUT2D eigenvalue weighted by atomic mass is 10.2. The second-order valence-electron chi connectivity index (χ2n) is 6.51. The number of hydrogen-bond donors (Lipinski definition) is 0. The number of rotatable bonds is 6. The SMILES string of the molecule is Cc1nc(-c2ccc(F)cc2)sc1C(=O)OCC(=O)N(C(C)C)C(C)C. The second-order valence-corrected chi connectivity index (χ2v) is 7.50. The molecule has 0 unspecified atom stereocenters. The molecule has 1 aromatic carbocycles. The third kappa shape index (κ3) is 4.66. The van der Waals surface area contributed by atoms with Gasteiger partial charge in [-0.05, 0) is 58.9 Å². The highest BCUT2D eigenvalue weighted by molar-refractivity contribution is 7.17. The summed E-state index contributed by atoms with van der Waals surface area (Å²) in [5.41, 5.74) is 1.25. The predicted molar refractivity (Wildman–Crippen MR) is 99.6 cm³/mol. The summed E-state index contributed by atoms with van der Waals surface area (Å²) in [7, 11) is 0. The molecule has 0 aliphatic rings. The van der Waals surface area contributed by atoms with Gasteiger partial charge in [0.1, 0.15) is 15.7 Å². The van der Waals surface area contributed by atoms with Gasteiger partial charge < -0.3 is 9.64 Å². The van der Waals surface area contributed by atoms with E-state index < -0.39 is 5.97 Å². The van der Waals surface area contributed by atoms with Gasteiger partial charge in [-0.15, -0.1) is 11.3 Å². The van der Waals surface area contributed by atoms with Gasteiger partial charge in [0.05, 0.1) is 5.69 Å². The largest absolute Gasteiger partial charge is 0.451 e. The Kier molecular flexibility index (Phi) is 6.47. The van der Waals surface area contributed by atoms with Crippen molar-refractivity contribution in [1.29, 1.82) is 0 Å². The Bertz CT molecular complexity index is 777. The number of amides is 1. The van der Waals surface area contributed by atoms with Gasteiger partial charge >= 0.3 is 5.97 Å². The van der Waals surface area contributed by atoms with E-state index in [1.54, 1.807) is 24.0 Å². The molecule has 0 spiro atoms. The fourth-order valence-corrected chi connectivity index (χ4v) is 3.71. The van der Waals surface area contributed by atoms with Crippen molar-refractivity contribution in [1.82, 2.24) is 9.88 Å². The average Bonchev–Trinajstić information content (AvgIpc) is 2.94. The van der Waals surface area contributed by atoms with Crippen LogP contribution in [0.25, 0.3) is 10.6 Å². The van der Waals surface area contributed by atoms with Crippen LogP contribution in [0, 0.1) is 12.7 Å². The molecule has 26 heavy (non-hydrogen) atoms. The van der Waals surface area contributed by atoms with Gasteiger partial charge in [-0.3, -0.25) is 4.79 Å². The molecule has 0 saturated carbocycles. The van der Waals surface area contributed by atoms with Crippen molar-refractivity contribution in [3.63, 3.8) is 0 Å². The van der Waals surface area contributed by atoms with Crippen LogP contribution in [-0.2, 0) is 9.53 Å². The van der Waals surface area contributed by atoms with Crippen LogP contribution in [0.3, 0.4) is 0 Å². The van der Waals surface area contributed by atoms with E-state index in [1.807, 2.05) is 27.7 Å². The van der Waals surface area contributed by atoms with Crippen LogP contribution in [0.4, 0.5) is 4.39 Å². The molecule has 0 aliphatic carbocycles. The number of benzene rings is 1. The molecule has 0 bridgehead atoms. The number of carbonyl (C=O) groups is 2. The van der Waals surface area contributed by atoms with Crippen molar-refractivity contribution in [2.45, 2.75) is 46.7 Å². The molecule has 7 heteroatoms. The monoisotopic (exact) mass is 378 g/mol. The highest BCUT2D eigenvalue weighted by atomic mass is 32.1. The number of ether oxygens (including phenoxy) is 1. The molecule has 1 aromatic heterocycles. The fourth-order valence-electron chi connectivity index (χ4n) is 2.74. The first kappa shape index (κ1) is 20.0. The highest BCUT2D eigenvalue weighted by Crippen LogP contribution is 2.28. The van der Waals surface area contributed by atoms with Crippen molar-refractivity contribution in [2.24, 2.45) is 0 Å². The number of hydrogen-bond acceptors (Lipinski definition) is 5. The summed E-state index contributed by atoms with van der Waals surface area (Å²) in [6.45, 7) is 9.07. The first-order valence-electron chi connectivity index (χ1n) is 8.42. The van der Waals surface area contributed by atoms with E-state index in [0.29, 0.717) is 15.6 Å². The first-order chi connectivity index (χ1) is 12.2. The predicted octanol–water partition coefficient (Wildman–Crippen LogP) is 4.06. The van der Waals surface area contributed by atoms with Gasteiger partial charge in [-0.25, -0.2) is 14.2 Å². The Balaban J connectivity index is 2.08. The third-order valence-corrected chi connectivity index (χ3v) is 4.99. The van der Waals surface area contributed by atoms with Gasteiger partial charge in [0.15, 0.2) is 6.61 Å². The molecule has 1 amide bonds. The Labute approximate surface area is 156 Å². The topological polar surface area (TPSA) is 59.5 Å². The highest BCUT2D eigenvalue weighted by Gasteiger charge is 2.23. The average molecular weight is 378 g/mol. The molecule has 5 nitrogen and oxygen atoms in total. The summed E-state index contributed by atoms with van der Waals surface area (Å²) < 4.78 is 18.2. The van der Waals surface area contributed by atoms with Gasteiger partial charge in [-0.1, -0.05) is 0 Å². The van der Waals surface area contributed by atoms with E-state index in [-0.39, 0.29) is 30.4 Å². The smallest absolute Gasteiger partial charge is 0.350 e. The Morgan fingerprint density at radius 2 is 1.73 bits per heavy atom. The van der Waals surface area contributed by atoms with Crippen molar-refractivity contribution in [2.75, 3.05) is 6.61 Å². The van der Waals surface area contributed by atoms with Crippen LogP contribution in [0.2, 0.25) is 0 Å².